The van der Waals surface area contributed by atoms with Gasteiger partial charge in [-0.3, -0.25) is 9.69 Å². The predicted octanol–water partition coefficient (Wildman–Crippen LogP) is 1.98. The second-order valence-electron chi connectivity index (χ2n) is 6.51. The van der Waals surface area contributed by atoms with E-state index in [0.717, 1.165) is 44.0 Å². The van der Waals surface area contributed by atoms with Crippen LogP contribution in [0.3, 0.4) is 0 Å². The van der Waals surface area contributed by atoms with Crippen LogP contribution in [0.5, 0.6) is 0 Å². The van der Waals surface area contributed by atoms with Crippen LogP contribution in [0, 0.1) is 5.82 Å². The highest BCUT2D eigenvalue weighted by Gasteiger charge is 2.24. The Morgan fingerprint density at radius 1 is 1.30 bits per heavy atom. The maximum absolute atomic E-state index is 13.5. The summed E-state index contributed by atoms with van der Waals surface area (Å²) in [5.74, 6) is -0.256. The number of halogens is 1. The van der Waals surface area contributed by atoms with E-state index in [-0.39, 0.29) is 17.5 Å². The fourth-order valence-electron chi connectivity index (χ4n) is 3.22. The Bertz CT molecular complexity index is 906. The Morgan fingerprint density at radius 2 is 2.15 bits per heavy atom. The number of benzene rings is 1. The highest BCUT2D eigenvalue weighted by molar-refractivity contribution is 7.22. The fraction of sp³-hybridized carbons (Fsp3) is 0.368. The van der Waals surface area contributed by atoms with E-state index in [1.54, 1.807) is 23.1 Å². The van der Waals surface area contributed by atoms with E-state index >= 15 is 0 Å². The minimum absolute atomic E-state index is 0.225. The smallest absolute Gasteiger partial charge is 0.295 e. The molecule has 3 aromatic rings. The summed E-state index contributed by atoms with van der Waals surface area (Å²) >= 11 is 1.32. The molecule has 27 heavy (non-hydrogen) atoms. The second kappa shape index (κ2) is 8.16. The van der Waals surface area contributed by atoms with Crippen molar-refractivity contribution in [1.82, 2.24) is 4.98 Å². The van der Waals surface area contributed by atoms with Crippen molar-refractivity contribution in [2.24, 2.45) is 0 Å². The average molecular weight is 390 g/mol. The molecule has 1 N–H and O–H groups in total. The second-order valence-corrected chi connectivity index (χ2v) is 7.52. The molecule has 0 aliphatic carbocycles. The molecule has 1 aromatic carbocycles. The van der Waals surface area contributed by atoms with Crippen LogP contribution < -0.4 is 9.80 Å². The summed E-state index contributed by atoms with van der Waals surface area (Å²) in [7, 11) is 0. The van der Waals surface area contributed by atoms with Gasteiger partial charge in [-0.05, 0) is 30.3 Å². The number of carbonyl (C=O) groups is 1. The molecule has 0 unspecified atom stereocenters. The average Bonchev–Trinajstić information content (AvgIpc) is 3.35. The quantitative estimate of drug-likeness (QED) is 0.699. The lowest BCUT2D eigenvalue weighted by atomic mass is 10.3. The molecular formula is C19H21FN3O3S+. The van der Waals surface area contributed by atoms with Crippen LogP contribution in [0.2, 0.25) is 0 Å². The molecule has 0 bridgehead atoms. The van der Waals surface area contributed by atoms with Crippen LogP contribution in [-0.2, 0) is 4.74 Å². The van der Waals surface area contributed by atoms with Crippen LogP contribution in [0.1, 0.15) is 17.0 Å². The zero-order valence-corrected chi connectivity index (χ0v) is 15.6. The van der Waals surface area contributed by atoms with Gasteiger partial charge in [0.25, 0.3) is 5.91 Å². The van der Waals surface area contributed by atoms with E-state index in [2.05, 4.69) is 4.98 Å². The Labute approximate surface area is 160 Å². The predicted molar refractivity (Wildman–Crippen MR) is 101 cm³/mol. The van der Waals surface area contributed by atoms with Crippen LogP contribution in [0.4, 0.5) is 9.52 Å². The summed E-state index contributed by atoms with van der Waals surface area (Å²) in [5, 5.41) is 0.564. The van der Waals surface area contributed by atoms with Crippen LogP contribution in [0.15, 0.2) is 41.0 Å². The van der Waals surface area contributed by atoms with Gasteiger partial charge in [0.1, 0.15) is 18.9 Å². The first-order chi connectivity index (χ1) is 13.2. The third-order valence-electron chi connectivity index (χ3n) is 4.66. The molecule has 1 amide bonds. The SMILES string of the molecule is O=C(c1ccco1)N(CCC[NH+]1CCOCC1)c1nc2ccc(F)cc2s1. The molecule has 6 nitrogen and oxygen atoms in total. The summed E-state index contributed by atoms with van der Waals surface area (Å²) in [5.41, 5.74) is 0.687. The highest BCUT2D eigenvalue weighted by atomic mass is 32.1. The van der Waals surface area contributed by atoms with Crippen LogP contribution >= 0.6 is 11.3 Å². The van der Waals surface area contributed by atoms with Gasteiger partial charge in [0.05, 0.1) is 36.2 Å². The van der Waals surface area contributed by atoms with Gasteiger partial charge in [0.15, 0.2) is 10.9 Å². The number of rotatable bonds is 6. The maximum Gasteiger partial charge on any atom is 0.295 e. The zero-order chi connectivity index (χ0) is 18.6. The van der Waals surface area contributed by atoms with E-state index in [0.29, 0.717) is 17.2 Å². The van der Waals surface area contributed by atoms with Crippen molar-refractivity contribution in [2.45, 2.75) is 6.42 Å². The molecule has 1 saturated heterocycles. The largest absolute Gasteiger partial charge is 0.459 e. The normalized spacial score (nSPS) is 15.3. The number of anilines is 1. The minimum atomic E-state index is -0.308. The van der Waals surface area contributed by atoms with Crippen molar-refractivity contribution in [1.29, 1.82) is 0 Å². The van der Waals surface area contributed by atoms with Crippen molar-refractivity contribution < 1.29 is 23.2 Å². The lowest BCUT2D eigenvalue weighted by Gasteiger charge is -2.25. The van der Waals surface area contributed by atoms with Crippen molar-refractivity contribution in [2.75, 3.05) is 44.3 Å². The van der Waals surface area contributed by atoms with Crippen LogP contribution in [0.25, 0.3) is 10.2 Å². The Morgan fingerprint density at radius 3 is 2.93 bits per heavy atom. The van der Waals surface area contributed by atoms with E-state index in [1.807, 2.05) is 0 Å². The summed E-state index contributed by atoms with van der Waals surface area (Å²) in [6.45, 7) is 5.05. The Hall–Kier alpha value is -2.29. The molecule has 1 fully saturated rings. The van der Waals surface area contributed by atoms with Gasteiger partial charge < -0.3 is 14.1 Å². The molecule has 3 heterocycles. The molecule has 2 aromatic heterocycles. The number of ether oxygens (including phenoxy) is 1. The number of hydrogen-bond acceptors (Lipinski definition) is 5. The fourth-order valence-corrected chi connectivity index (χ4v) is 4.23. The lowest BCUT2D eigenvalue weighted by Crippen LogP contribution is -3.14. The first-order valence-electron chi connectivity index (χ1n) is 9.03. The van der Waals surface area contributed by atoms with Gasteiger partial charge in [-0.1, -0.05) is 11.3 Å². The number of carbonyl (C=O) groups excluding carboxylic acids is 1. The topological polar surface area (TPSA) is 60.0 Å². The molecular weight excluding hydrogens is 369 g/mol. The standard InChI is InChI=1S/C19H20FN3O3S/c20-14-4-5-15-17(13-14)27-19(21-15)23(18(24)16-3-1-10-26-16)7-2-6-22-8-11-25-12-9-22/h1,3-5,10,13H,2,6-9,11-12H2/p+1. The van der Waals surface area contributed by atoms with E-state index < -0.39 is 0 Å². The number of furan rings is 1. The third kappa shape index (κ3) is 4.18. The Balaban J connectivity index is 1.53. The highest BCUT2D eigenvalue weighted by Crippen LogP contribution is 2.30. The monoisotopic (exact) mass is 390 g/mol. The number of amides is 1. The summed E-state index contributed by atoms with van der Waals surface area (Å²) in [4.78, 5) is 20.6. The van der Waals surface area contributed by atoms with Gasteiger partial charge >= 0.3 is 0 Å². The molecule has 4 rings (SSSR count). The van der Waals surface area contributed by atoms with E-state index in [1.165, 1.54) is 34.6 Å². The molecule has 1 aliphatic heterocycles. The third-order valence-corrected chi connectivity index (χ3v) is 5.70. The summed E-state index contributed by atoms with van der Waals surface area (Å²) < 4.78 is 24.9. The maximum atomic E-state index is 13.5. The number of hydrogen-bond donors (Lipinski definition) is 1. The number of fused-ring (bicyclic) bond motifs is 1. The van der Waals surface area contributed by atoms with Crippen molar-refractivity contribution in [3.05, 3.63) is 48.2 Å². The van der Waals surface area contributed by atoms with Gasteiger partial charge in [-0.2, -0.15) is 0 Å². The molecule has 0 radical (unpaired) electrons. The number of nitrogens with one attached hydrogen (secondary N) is 1. The zero-order valence-electron chi connectivity index (χ0n) is 14.8. The van der Waals surface area contributed by atoms with Crippen molar-refractivity contribution >= 4 is 32.6 Å². The number of nitrogens with zero attached hydrogens (tertiary/aromatic N) is 2. The van der Waals surface area contributed by atoms with Gasteiger partial charge in [0, 0.05) is 13.0 Å². The molecule has 0 atom stereocenters. The summed E-state index contributed by atoms with van der Waals surface area (Å²) in [6.07, 6.45) is 2.32. The minimum Gasteiger partial charge on any atom is -0.459 e. The first-order valence-corrected chi connectivity index (χ1v) is 9.85. The number of aromatic nitrogens is 1. The van der Waals surface area contributed by atoms with E-state index in [4.69, 9.17) is 9.15 Å². The van der Waals surface area contributed by atoms with E-state index in [9.17, 15) is 9.18 Å². The summed E-state index contributed by atoms with van der Waals surface area (Å²) in [6, 6.07) is 7.81. The molecule has 1 aliphatic rings. The number of morpholine rings is 1. The van der Waals surface area contributed by atoms with Crippen LogP contribution in [-0.4, -0.2) is 50.3 Å². The number of thiazole rings is 1. The lowest BCUT2D eigenvalue weighted by molar-refractivity contribution is -0.908. The van der Waals surface area contributed by atoms with Crippen molar-refractivity contribution in [3.63, 3.8) is 0 Å². The van der Waals surface area contributed by atoms with Gasteiger partial charge in [0.2, 0.25) is 0 Å². The first kappa shape index (κ1) is 18.1. The van der Waals surface area contributed by atoms with Crippen molar-refractivity contribution in [3.8, 4) is 0 Å². The number of quaternary nitrogens is 1. The Kier molecular flexibility index (Phi) is 5.47. The molecule has 0 saturated carbocycles. The molecule has 8 heteroatoms. The van der Waals surface area contributed by atoms with Gasteiger partial charge in [-0.25, -0.2) is 9.37 Å². The molecule has 142 valence electrons. The van der Waals surface area contributed by atoms with Gasteiger partial charge in [-0.15, -0.1) is 0 Å². The molecule has 0 spiro atoms.